The molecule has 1 saturated carbocycles. The molecule has 2 aliphatic rings. The van der Waals surface area contributed by atoms with Crippen LogP contribution in [0.4, 0.5) is 5.69 Å². The van der Waals surface area contributed by atoms with Gasteiger partial charge in [-0.2, -0.15) is 0 Å². The van der Waals surface area contributed by atoms with Crippen LogP contribution in [-0.4, -0.2) is 50.4 Å². The molecule has 1 aliphatic heterocycles. The van der Waals surface area contributed by atoms with Gasteiger partial charge in [-0.05, 0) is 73.0 Å². The van der Waals surface area contributed by atoms with Gasteiger partial charge >= 0.3 is 0 Å². The molecule has 0 saturated heterocycles. The number of rotatable bonds is 8. The van der Waals surface area contributed by atoms with E-state index in [9.17, 15) is 14.7 Å². The quantitative estimate of drug-likeness (QED) is 0.436. The first kappa shape index (κ1) is 26.2. The van der Waals surface area contributed by atoms with Gasteiger partial charge in [-0.1, -0.05) is 18.9 Å². The molecule has 39 heavy (non-hydrogen) atoms. The van der Waals surface area contributed by atoms with E-state index in [1.54, 1.807) is 61.7 Å². The van der Waals surface area contributed by atoms with Crippen LogP contribution < -0.4 is 29.2 Å². The van der Waals surface area contributed by atoms with Gasteiger partial charge in [-0.25, -0.2) is 0 Å². The number of ether oxygens (including phenoxy) is 4. The highest BCUT2D eigenvalue weighted by Crippen LogP contribution is 2.37. The van der Waals surface area contributed by atoms with Crippen molar-refractivity contribution < 1.29 is 33.6 Å². The fourth-order valence-corrected chi connectivity index (χ4v) is 5.07. The first-order chi connectivity index (χ1) is 19.0. The molecule has 3 aromatic carbocycles. The summed E-state index contributed by atoms with van der Waals surface area (Å²) in [7, 11) is 3.00. The topological polar surface area (TPSA) is 107 Å². The minimum Gasteiger partial charge on any atom is -0.504 e. The molecule has 2 amide bonds. The maximum atomic E-state index is 14.3. The Kier molecular flexibility index (Phi) is 7.76. The molecule has 9 heteroatoms. The molecule has 9 nitrogen and oxygen atoms in total. The zero-order valence-corrected chi connectivity index (χ0v) is 22.0. The molecular weight excluding hydrogens is 500 g/mol. The monoisotopic (exact) mass is 532 g/mol. The third-order valence-electron chi connectivity index (χ3n) is 7.09. The zero-order valence-electron chi connectivity index (χ0n) is 22.0. The second kappa shape index (κ2) is 11.6. The lowest BCUT2D eigenvalue weighted by molar-refractivity contribution is -0.123. The second-order valence-electron chi connectivity index (χ2n) is 9.56. The minimum atomic E-state index is -1.06. The molecule has 0 spiro atoms. The van der Waals surface area contributed by atoms with E-state index in [4.69, 9.17) is 18.9 Å². The zero-order chi connectivity index (χ0) is 27.4. The summed E-state index contributed by atoms with van der Waals surface area (Å²) in [5.41, 5.74) is 1.32. The van der Waals surface area contributed by atoms with Crippen molar-refractivity contribution in [2.24, 2.45) is 0 Å². The number of carbonyl (C=O) groups is 2. The van der Waals surface area contributed by atoms with E-state index in [1.165, 1.54) is 18.1 Å². The first-order valence-electron chi connectivity index (χ1n) is 13.0. The summed E-state index contributed by atoms with van der Waals surface area (Å²) in [5, 5.41) is 13.4. The summed E-state index contributed by atoms with van der Waals surface area (Å²) in [4.78, 5) is 29.8. The number of phenols is 1. The summed E-state index contributed by atoms with van der Waals surface area (Å²) in [5.74, 6) is 1.06. The molecule has 3 aromatic rings. The van der Waals surface area contributed by atoms with Gasteiger partial charge in [-0.3, -0.25) is 14.5 Å². The standard InChI is InChI=1S/C30H32N2O7/c1-36-23-11-9-22(10-12-23)32(30(35)20-8-14-25-27(18-20)39-16-15-38-25)28(29(34)31-21-5-3-4-6-21)19-7-13-24(33)26(17-19)37-2/h7-14,17-18,21,28,33H,3-6,15-16H2,1-2H3,(H,31,34). The highest BCUT2D eigenvalue weighted by molar-refractivity contribution is 6.10. The van der Waals surface area contributed by atoms with Crippen molar-refractivity contribution in [2.75, 3.05) is 32.3 Å². The van der Waals surface area contributed by atoms with Gasteiger partial charge < -0.3 is 29.4 Å². The number of benzene rings is 3. The van der Waals surface area contributed by atoms with Crippen LogP contribution in [-0.2, 0) is 4.79 Å². The van der Waals surface area contributed by atoms with Crippen LogP contribution in [0, 0.1) is 0 Å². The van der Waals surface area contributed by atoms with Gasteiger partial charge in [-0.15, -0.1) is 0 Å². The number of phenolic OH excluding ortho intramolecular Hbond substituents is 1. The third kappa shape index (κ3) is 5.57. The minimum absolute atomic E-state index is 0.0288. The van der Waals surface area contributed by atoms with Crippen molar-refractivity contribution in [3.05, 3.63) is 71.8 Å². The maximum absolute atomic E-state index is 14.3. The average molecular weight is 533 g/mol. The number of fused-ring (bicyclic) bond motifs is 1. The largest absolute Gasteiger partial charge is 0.504 e. The normalized spacial score (nSPS) is 15.3. The molecule has 204 valence electrons. The molecule has 1 atom stereocenters. The van der Waals surface area contributed by atoms with E-state index in [2.05, 4.69) is 5.32 Å². The number of hydrogen-bond acceptors (Lipinski definition) is 7. The Morgan fingerprint density at radius 3 is 2.33 bits per heavy atom. The highest BCUT2D eigenvalue weighted by atomic mass is 16.6. The van der Waals surface area contributed by atoms with Crippen molar-refractivity contribution in [1.82, 2.24) is 5.32 Å². The molecule has 0 radical (unpaired) electrons. The number of aromatic hydroxyl groups is 1. The van der Waals surface area contributed by atoms with Crippen LogP contribution >= 0.6 is 0 Å². The van der Waals surface area contributed by atoms with Gasteiger partial charge in [0.1, 0.15) is 25.0 Å². The number of nitrogens with one attached hydrogen (secondary N) is 1. The Morgan fingerprint density at radius 2 is 1.64 bits per heavy atom. The number of methoxy groups -OCH3 is 2. The number of carbonyl (C=O) groups excluding carboxylic acids is 2. The molecule has 1 heterocycles. The number of anilines is 1. The van der Waals surface area contributed by atoms with Crippen LogP contribution in [0.5, 0.6) is 28.7 Å². The number of amides is 2. The predicted molar refractivity (Wildman–Crippen MR) is 145 cm³/mol. The number of nitrogens with zero attached hydrogens (tertiary/aromatic N) is 1. The molecule has 1 fully saturated rings. The first-order valence-corrected chi connectivity index (χ1v) is 13.0. The number of hydrogen-bond donors (Lipinski definition) is 2. The predicted octanol–water partition coefficient (Wildman–Crippen LogP) is 4.63. The van der Waals surface area contributed by atoms with E-state index < -0.39 is 11.9 Å². The van der Waals surface area contributed by atoms with E-state index in [0.29, 0.717) is 47.3 Å². The van der Waals surface area contributed by atoms with Crippen LogP contribution in [0.1, 0.15) is 47.6 Å². The van der Waals surface area contributed by atoms with Crippen molar-refractivity contribution in [3.63, 3.8) is 0 Å². The Balaban J connectivity index is 1.63. The molecule has 1 aliphatic carbocycles. The smallest absolute Gasteiger partial charge is 0.259 e. The van der Waals surface area contributed by atoms with E-state index >= 15 is 0 Å². The van der Waals surface area contributed by atoms with E-state index in [-0.39, 0.29) is 23.4 Å². The van der Waals surface area contributed by atoms with Crippen LogP contribution in [0.15, 0.2) is 60.7 Å². The second-order valence-corrected chi connectivity index (χ2v) is 9.56. The maximum Gasteiger partial charge on any atom is 0.259 e. The van der Waals surface area contributed by atoms with Crippen molar-refractivity contribution in [2.45, 2.75) is 37.8 Å². The van der Waals surface area contributed by atoms with E-state index in [1.807, 2.05) is 0 Å². The van der Waals surface area contributed by atoms with Gasteiger partial charge in [0.15, 0.2) is 23.0 Å². The summed E-state index contributed by atoms with van der Waals surface area (Å²) in [6.45, 7) is 0.816. The summed E-state index contributed by atoms with van der Waals surface area (Å²) >= 11 is 0. The molecule has 2 N–H and O–H groups in total. The molecule has 5 rings (SSSR count). The molecule has 0 bridgehead atoms. The molecule has 1 unspecified atom stereocenters. The van der Waals surface area contributed by atoms with Crippen LogP contribution in [0.25, 0.3) is 0 Å². The SMILES string of the molecule is COc1ccc(N(C(=O)c2ccc3c(c2)OCCO3)C(C(=O)NC2CCCC2)c2ccc(O)c(OC)c2)cc1. The lowest BCUT2D eigenvalue weighted by Gasteiger charge is -2.33. The summed E-state index contributed by atoms with van der Waals surface area (Å²) in [6.07, 6.45) is 3.86. The van der Waals surface area contributed by atoms with Gasteiger partial charge in [0.2, 0.25) is 5.91 Å². The average Bonchev–Trinajstić information content (AvgIpc) is 3.49. The fraction of sp³-hybridized carbons (Fsp3) is 0.333. The molecular formula is C30H32N2O7. The Bertz CT molecular complexity index is 1340. The summed E-state index contributed by atoms with van der Waals surface area (Å²) < 4.78 is 22.0. The van der Waals surface area contributed by atoms with Crippen LogP contribution in [0.2, 0.25) is 0 Å². The van der Waals surface area contributed by atoms with E-state index in [0.717, 1.165) is 25.7 Å². The van der Waals surface area contributed by atoms with Gasteiger partial charge in [0.05, 0.1) is 14.2 Å². The fourth-order valence-electron chi connectivity index (χ4n) is 5.07. The van der Waals surface area contributed by atoms with Crippen molar-refractivity contribution >= 4 is 17.5 Å². The van der Waals surface area contributed by atoms with Crippen molar-refractivity contribution in [3.8, 4) is 28.7 Å². The highest BCUT2D eigenvalue weighted by Gasteiger charge is 2.36. The lowest BCUT2D eigenvalue weighted by Crippen LogP contribution is -2.46. The Morgan fingerprint density at radius 1 is 0.923 bits per heavy atom. The molecule has 0 aromatic heterocycles. The summed E-state index contributed by atoms with van der Waals surface area (Å²) in [6, 6.07) is 15.6. The third-order valence-corrected chi connectivity index (χ3v) is 7.09. The van der Waals surface area contributed by atoms with Gasteiger partial charge in [0, 0.05) is 17.3 Å². The Labute approximate surface area is 227 Å². The van der Waals surface area contributed by atoms with Crippen LogP contribution in [0.3, 0.4) is 0 Å². The lowest BCUT2D eigenvalue weighted by atomic mass is 10.00. The Hall–Kier alpha value is -4.40. The van der Waals surface area contributed by atoms with Crippen molar-refractivity contribution in [1.29, 1.82) is 0 Å². The van der Waals surface area contributed by atoms with Gasteiger partial charge in [0.25, 0.3) is 5.91 Å².